The van der Waals surface area contributed by atoms with Crippen molar-refractivity contribution >= 4 is 35.0 Å². The molecule has 5 nitrogen and oxygen atoms in total. The second kappa shape index (κ2) is 8.59. The fraction of sp³-hybridized carbons (Fsp3) is 0.130. The van der Waals surface area contributed by atoms with Gasteiger partial charge in [-0.15, -0.1) is 11.8 Å². The van der Waals surface area contributed by atoms with Gasteiger partial charge in [-0.3, -0.25) is 14.5 Å². The van der Waals surface area contributed by atoms with Crippen molar-refractivity contribution in [2.75, 3.05) is 23.1 Å². The van der Waals surface area contributed by atoms with Crippen LogP contribution in [0.1, 0.15) is 21.3 Å². The van der Waals surface area contributed by atoms with E-state index < -0.39 is 11.7 Å². The van der Waals surface area contributed by atoms with E-state index in [0.29, 0.717) is 22.9 Å². The van der Waals surface area contributed by atoms with E-state index in [4.69, 9.17) is 4.74 Å². The van der Waals surface area contributed by atoms with E-state index in [1.54, 1.807) is 36.3 Å². The van der Waals surface area contributed by atoms with Gasteiger partial charge in [-0.2, -0.15) is 0 Å². The van der Waals surface area contributed by atoms with Gasteiger partial charge in [0.1, 0.15) is 16.9 Å². The standard InChI is InChI=1S/C23H19FN2O3S/c1-29-20-13-7-6-12-19(20)26-21(27)14-30-23(26)16-9-3-5-11-18(16)25-22(28)15-8-2-4-10-17(15)24/h2-13,23H,14H2,1H3,(H,25,28). The van der Waals surface area contributed by atoms with Gasteiger partial charge in [-0.05, 0) is 30.3 Å². The number of anilines is 2. The highest BCUT2D eigenvalue weighted by molar-refractivity contribution is 8.00. The lowest BCUT2D eigenvalue weighted by molar-refractivity contribution is -0.115. The number of nitrogens with one attached hydrogen (secondary N) is 1. The molecular weight excluding hydrogens is 403 g/mol. The lowest BCUT2D eigenvalue weighted by Gasteiger charge is -2.27. The molecule has 1 aliphatic heterocycles. The Morgan fingerprint density at radius 2 is 1.77 bits per heavy atom. The van der Waals surface area contributed by atoms with Crippen molar-refractivity contribution in [2.24, 2.45) is 0 Å². The average Bonchev–Trinajstić information content (AvgIpc) is 3.15. The van der Waals surface area contributed by atoms with Crippen molar-refractivity contribution in [3.8, 4) is 5.75 Å². The smallest absolute Gasteiger partial charge is 0.258 e. The Balaban J connectivity index is 1.70. The molecule has 0 spiro atoms. The van der Waals surface area contributed by atoms with Crippen LogP contribution >= 0.6 is 11.8 Å². The number of amides is 2. The molecule has 1 fully saturated rings. The van der Waals surface area contributed by atoms with Crippen LogP contribution in [-0.2, 0) is 4.79 Å². The molecule has 1 atom stereocenters. The van der Waals surface area contributed by atoms with Gasteiger partial charge in [0, 0.05) is 11.3 Å². The van der Waals surface area contributed by atoms with Crippen LogP contribution in [0.2, 0.25) is 0 Å². The first kappa shape index (κ1) is 20.0. The molecular formula is C23H19FN2O3S. The summed E-state index contributed by atoms with van der Waals surface area (Å²) in [5.74, 6) is -0.290. The minimum atomic E-state index is -0.589. The molecule has 3 aromatic rings. The summed E-state index contributed by atoms with van der Waals surface area (Å²) in [6, 6.07) is 20.4. The normalized spacial score (nSPS) is 15.9. The van der Waals surface area contributed by atoms with Crippen LogP contribution in [-0.4, -0.2) is 24.7 Å². The van der Waals surface area contributed by atoms with Crippen molar-refractivity contribution in [3.63, 3.8) is 0 Å². The van der Waals surface area contributed by atoms with Crippen LogP contribution in [0.3, 0.4) is 0 Å². The number of rotatable bonds is 5. The van der Waals surface area contributed by atoms with E-state index in [0.717, 1.165) is 5.56 Å². The van der Waals surface area contributed by atoms with E-state index in [2.05, 4.69) is 5.32 Å². The van der Waals surface area contributed by atoms with E-state index in [9.17, 15) is 14.0 Å². The number of carbonyl (C=O) groups is 2. The van der Waals surface area contributed by atoms with Gasteiger partial charge in [0.05, 0.1) is 24.1 Å². The number of methoxy groups -OCH3 is 1. The molecule has 4 rings (SSSR count). The second-order valence-electron chi connectivity index (χ2n) is 6.62. The van der Waals surface area contributed by atoms with E-state index in [-0.39, 0.29) is 16.8 Å². The summed E-state index contributed by atoms with van der Waals surface area (Å²) in [7, 11) is 1.56. The van der Waals surface area contributed by atoms with Crippen LogP contribution < -0.4 is 15.0 Å². The number of para-hydroxylation sites is 3. The highest BCUT2D eigenvalue weighted by Gasteiger charge is 2.36. The Kier molecular flexibility index (Phi) is 5.72. The maximum atomic E-state index is 14.0. The molecule has 152 valence electrons. The second-order valence-corrected chi connectivity index (χ2v) is 7.69. The topological polar surface area (TPSA) is 58.6 Å². The first-order chi connectivity index (χ1) is 14.6. The Morgan fingerprint density at radius 1 is 1.07 bits per heavy atom. The number of halogens is 1. The molecule has 1 heterocycles. The van der Waals surface area contributed by atoms with E-state index >= 15 is 0 Å². The van der Waals surface area contributed by atoms with Crippen LogP contribution in [0.5, 0.6) is 5.75 Å². The predicted octanol–water partition coefficient (Wildman–Crippen LogP) is 4.87. The molecule has 3 aromatic carbocycles. The predicted molar refractivity (Wildman–Crippen MR) is 116 cm³/mol. The summed E-state index contributed by atoms with van der Waals surface area (Å²) >= 11 is 1.46. The molecule has 0 bridgehead atoms. The maximum absolute atomic E-state index is 14.0. The molecule has 7 heteroatoms. The number of hydrogen-bond donors (Lipinski definition) is 1. The van der Waals surface area contributed by atoms with Crippen molar-refractivity contribution in [1.29, 1.82) is 0 Å². The molecule has 0 saturated carbocycles. The number of nitrogens with zero attached hydrogens (tertiary/aromatic N) is 1. The quantitative estimate of drug-likeness (QED) is 0.638. The average molecular weight is 422 g/mol. The Morgan fingerprint density at radius 3 is 2.57 bits per heavy atom. The third-order valence-electron chi connectivity index (χ3n) is 4.81. The third kappa shape index (κ3) is 3.76. The minimum Gasteiger partial charge on any atom is -0.495 e. The molecule has 0 aromatic heterocycles. The lowest BCUT2D eigenvalue weighted by atomic mass is 10.1. The number of hydrogen-bond acceptors (Lipinski definition) is 4. The van der Waals surface area contributed by atoms with Gasteiger partial charge in [0.2, 0.25) is 5.91 Å². The largest absolute Gasteiger partial charge is 0.495 e. The zero-order valence-electron chi connectivity index (χ0n) is 16.2. The minimum absolute atomic E-state index is 0.0379. The van der Waals surface area contributed by atoms with Gasteiger partial charge in [-0.1, -0.05) is 42.5 Å². The third-order valence-corrected chi connectivity index (χ3v) is 6.00. The summed E-state index contributed by atoms with van der Waals surface area (Å²) in [4.78, 5) is 27.1. The van der Waals surface area contributed by atoms with Gasteiger partial charge in [0.25, 0.3) is 5.91 Å². The van der Waals surface area contributed by atoms with E-state index in [1.807, 2.05) is 30.3 Å². The summed E-state index contributed by atoms with van der Waals surface area (Å²) in [6.45, 7) is 0. The fourth-order valence-corrected chi connectivity index (χ4v) is 4.61. The summed E-state index contributed by atoms with van der Waals surface area (Å²) in [5.41, 5.74) is 1.90. The number of benzene rings is 3. The number of ether oxygens (including phenoxy) is 1. The van der Waals surface area contributed by atoms with Crippen LogP contribution in [0.15, 0.2) is 72.8 Å². The molecule has 30 heavy (non-hydrogen) atoms. The Bertz CT molecular complexity index is 1110. The van der Waals surface area contributed by atoms with E-state index in [1.165, 1.54) is 30.0 Å². The van der Waals surface area contributed by atoms with Crippen molar-refractivity contribution in [3.05, 3.63) is 89.7 Å². The first-order valence-corrected chi connectivity index (χ1v) is 10.4. The van der Waals surface area contributed by atoms with Crippen molar-refractivity contribution in [1.82, 2.24) is 0 Å². The zero-order valence-corrected chi connectivity index (χ0v) is 17.0. The summed E-state index contributed by atoms with van der Waals surface area (Å²) in [6.07, 6.45) is 0. The molecule has 1 N–H and O–H groups in total. The highest BCUT2D eigenvalue weighted by atomic mass is 32.2. The molecule has 0 radical (unpaired) electrons. The molecule has 1 unspecified atom stereocenters. The highest BCUT2D eigenvalue weighted by Crippen LogP contribution is 2.46. The van der Waals surface area contributed by atoms with Crippen LogP contribution in [0, 0.1) is 5.82 Å². The summed E-state index contributed by atoms with van der Waals surface area (Å²) < 4.78 is 19.5. The fourth-order valence-electron chi connectivity index (χ4n) is 3.40. The van der Waals surface area contributed by atoms with Gasteiger partial charge < -0.3 is 10.1 Å². The SMILES string of the molecule is COc1ccccc1N1C(=O)CSC1c1ccccc1NC(=O)c1ccccc1F. The lowest BCUT2D eigenvalue weighted by Crippen LogP contribution is -2.29. The van der Waals surface area contributed by atoms with Gasteiger partial charge >= 0.3 is 0 Å². The number of carbonyl (C=O) groups excluding carboxylic acids is 2. The van der Waals surface area contributed by atoms with Crippen molar-refractivity contribution in [2.45, 2.75) is 5.37 Å². The number of thioether (sulfide) groups is 1. The Hall–Kier alpha value is -3.32. The van der Waals surface area contributed by atoms with Crippen molar-refractivity contribution < 1.29 is 18.7 Å². The molecule has 0 aliphatic carbocycles. The first-order valence-electron chi connectivity index (χ1n) is 9.31. The molecule has 1 aliphatic rings. The molecule has 1 saturated heterocycles. The van der Waals surface area contributed by atoms with Gasteiger partial charge in [0.15, 0.2) is 0 Å². The van der Waals surface area contributed by atoms with Gasteiger partial charge in [-0.25, -0.2) is 4.39 Å². The summed E-state index contributed by atoms with van der Waals surface area (Å²) in [5, 5.41) is 2.44. The van der Waals surface area contributed by atoms with Crippen LogP contribution in [0.4, 0.5) is 15.8 Å². The van der Waals surface area contributed by atoms with Crippen LogP contribution in [0.25, 0.3) is 0 Å². The Labute approximate surface area is 177 Å². The zero-order chi connectivity index (χ0) is 21.1. The molecule has 2 amide bonds. The maximum Gasteiger partial charge on any atom is 0.258 e. The monoisotopic (exact) mass is 422 g/mol.